The lowest BCUT2D eigenvalue weighted by molar-refractivity contribution is 0.359. The van der Waals surface area contributed by atoms with Gasteiger partial charge in [0.05, 0.1) is 0 Å². The molecule has 0 amide bonds. The molecule has 1 N–H and O–H groups in total. The quantitative estimate of drug-likeness (QED) is 0.458. The zero-order valence-corrected chi connectivity index (χ0v) is 9.40. The van der Waals surface area contributed by atoms with Gasteiger partial charge in [0.1, 0.15) is 0 Å². The van der Waals surface area contributed by atoms with Crippen molar-refractivity contribution in [3.63, 3.8) is 0 Å². The summed E-state index contributed by atoms with van der Waals surface area (Å²) in [6.45, 7) is 12.7. The van der Waals surface area contributed by atoms with Crippen LogP contribution in [0.15, 0.2) is 12.2 Å². The fourth-order valence-corrected chi connectivity index (χ4v) is 1.34. The first-order valence-electron chi connectivity index (χ1n) is 5.26. The summed E-state index contributed by atoms with van der Waals surface area (Å²) in [5.74, 6) is 0. The minimum absolute atomic E-state index is 0.960. The third kappa shape index (κ3) is 8.00. The molecule has 0 aliphatic heterocycles. The molecule has 0 saturated carbocycles. The molecule has 0 rings (SSSR count). The van der Waals surface area contributed by atoms with E-state index < -0.39 is 0 Å². The lowest BCUT2D eigenvalue weighted by Crippen LogP contribution is -2.26. The third-order valence-electron chi connectivity index (χ3n) is 1.90. The highest BCUT2D eigenvalue weighted by Crippen LogP contribution is 1.94. The van der Waals surface area contributed by atoms with Gasteiger partial charge < -0.3 is 10.2 Å². The minimum Gasteiger partial charge on any atom is -0.313 e. The van der Waals surface area contributed by atoms with E-state index in [-0.39, 0.29) is 0 Å². The fourth-order valence-electron chi connectivity index (χ4n) is 1.34. The lowest BCUT2D eigenvalue weighted by Gasteiger charge is -2.17. The summed E-state index contributed by atoms with van der Waals surface area (Å²) < 4.78 is 0. The first-order valence-corrected chi connectivity index (χ1v) is 5.26. The van der Waals surface area contributed by atoms with Crippen molar-refractivity contribution in [2.75, 3.05) is 33.2 Å². The van der Waals surface area contributed by atoms with Gasteiger partial charge >= 0.3 is 0 Å². The largest absolute Gasteiger partial charge is 0.313 e. The predicted molar refractivity (Wildman–Crippen MR) is 60.1 cm³/mol. The van der Waals surface area contributed by atoms with Gasteiger partial charge in [-0.2, -0.15) is 0 Å². The van der Waals surface area contributed by atoms with Crippen LogP contribution in [0, 0.1) is 0 Å². The van der Waals surface area contributed by atoms with Gasteiger partial charge in [-0.3, -0.25) is 0 Å². The van der Waals surface area contributed by atoms with E-state index in [0.717, 1.165) is 26.2 Å². The van der Waals surface area contributed by atoms with E-state index in [9.17, 15) is 0 Å². The Labute approximate surface area is 83.0 Å². The molecule has 0 aromatic heterocycles. The summed E-state index contributed by atoms with van der Waals surface area (Å²) in [6.07, 6.45) is 2.41. The number of likely N-dealkylation sites (N-methyl/N-ethyl adjacent to an activating group) is 1. The Bertz CT molecular complexity index is 132. The first-order chi connectivity index (χ1) is 6.20. The summed E-state index contributed by atoms with van der Waals surface area (Å²) in [6, 6.07) is 0. The molecule has 0 unspecified atom stereocenters. The van der Waals surface area contributed by atoms with Gasteiger partial charge in [-0.15, -0.1) is 0 Å². The van der Waals surface area contributed by atoms with Crippen molar-refractivity contribution in [3.05, 3.63) is 12.2 Å². The van der Waals surface area contributed by atoms with Crippen molar-refractivity contribution in [3.8, 4) is 0 Å². The topological polar surface area (TPSA) is 15.3 Å². The number of nitrogens with zero attached hydrogens (tertiary/aromatic N) is 1. The highest BCUT2D eigenvalue weighted by atomic mass is 15.1. The molecule has 0 aliphatic carbocycles. The molecule has 0 saturated heterocycles. The molecule has 78 valence electrons. The minimum atomic E-state index is 0.960. The number of rotatable bonds is 8. The molecule has 0 fully saturated rings. The standard InChI is InChI=1S/C11H24N2/c1-5-7-12-9-11(3)10-13(4)8-6-2/h12H,3,5-10H2,1-2,4H3. The molecule has 0 heterocycles. The summed E-state index contributed by atoms with van der Waals surface area (Å²) in [5, 5.41) is 3.36. The van der Waals surface area contributed by atoms with Crippen molar-refractivity contribution in [1.29, 1.82) is 0 Å². The SMILES string of the molecule is C=C(CNCCC)CN(C)CCC. The normalized spacial score (nSPS) is 10.8. The molecule has 0 atom stereocenters. The molecule has 0 radical (unpaired) electrons. The average molecular weight is 184 g/mol. The molecule has 0 bridgehead atoms. The number of hydrogen-bond donors (Lipinski definition) is 1. The van der Waals surface area contributed by atoms with E-state index in [1.807, 2.05) is 0 Å². The van der Waals surface area contributed by atoms with Gasteiger partial charge in [0.25, 0.3) is 0 Å². The van der Waals surface area contributed by atoms with Crippen LogP contribution in [0.3, 0.4) is 0 Å². The Balaban J connectivity index is 3.38. The monoisotopic (exact) mass is 184 g/mol. The van der Waals surface area contributed by atoms with Crippen LogP contribution in [0.2, 0.25) is 0 Å². The van der Waals surface area contributed by atoms with E-state index >= 15 is 0 Å². The van der Waals surface area contributed by atoms with Crippen LogP contribution in [0.25, 0.3) is 0 Å². The van der Waals surface area contributed by atoms with E-state index in [4.69, 9.17) is 0 Å². The lowest BCUT2D eigenvalue weighted by atomic mass is 10.2. The zero-order valence-electron chi connectivity index (χ0n) is 9.40. The van der Waals surface area contributed by atoms with Gasteiger partial charge in [0.2, 0.25) is 0 Å². The van der Waals surface area contributed by atoms with Crippen molar-refractivity contribution >= 4 is 0 Å². The molecule has 13 heavy (non-hydrogen) atoms. The van der Waals surface area contributed by atoms with Crippen LogP contribution in [-0.4, -0.2) is 38.1 Å². The van der Waals surface area contributed by atoms with Gasteiger partial charge in [-0.25, -0.2) is 0 Å². The predicted octanol–water partition coefficient (Wildman–Crippen LogP) is 1.88. The summed E-state index contributed by atoms with van der Waals surface area (Å²) in [7, 11) is 2.15. The van der Waals surface area contributed by atoms with Crippen molar-refractivity contribution in [2.24, 2.45) is 0 Å². The maximum absolute atomic E-state index is 4.04. The van der Waals surface area contributed by atoms with Crippen LogP contribution < -0.4 is 5.32 Å². The molecule has 0 spiro atoms. The molecule has 2 heteroatoms. The van der Waals surface area contributed by atoms with Crippen molar-refractivity contribution < 1.29 is 0 Å². The fraction of sp³-hybridized carbons (Fsp3) is 0.818. The van der Waals surface area contributed by atoms with Gasteiger partial charge in [-0.1, -0.05) is 20.4 Å². The number of nitrogens with one attached hydrogen (secondary N) is 1. The van der Waals surface area contributed by atoms with Gasteiger partial charge in [-0.05, 0) is 38.6 Å². The Morgan fingerprint density at radius 3 is 2.54 bits per heavy atom. The van der Waals surface area contributed by atoms with Crippen LogP contribution in [0.5, 0.6) is 0 Å². The second-order valence-corrected chi connectivity index (χ2v) is 3.66. The van der Waals surface area contributed by atoms with Crippen molar-refractivity contribution in [1.82, 2.24) is 10.2 Å². The summed E-state index contributed by atoms with van der Waals surface area (Å²) in [5.41, 5.74) is 1.28. The van der Waals surface area contributed by atoms with Crippen LogP contribution in [0.4, 0.5) is 0 Å². The molecule has 0 aliphatic rings. The average Bonchev–Trinajstić information content (AvgIpc) is 2.05. The summed E-state index contributed by atoms with van der Waals surface area (Å²) in [4.78, 5) is 2.32. The van der Waals surface area contributed by atoms with Crippen molar-refractivity contribution in [2.45, 2.75) is 26.7 Å². The second-order valence-electron chi connectivity index (χ2n) is 3.66. The summed E-state index contributed by atoms with van der Waals surface area (Å²) >= 11 is 0. The first kappa shape index (κ1) is 12.7. The highest BCUT2D eigenvalue weighted by Gasteiger charge is 1.98. The second kappa shape index (κ2) is 8.27. The Kier molecular flexibility index (Phi) is 8.05. The third-order valence-corrected chi connectivity index (χ3v) is 1.90. The van der Waals surface area contributed by atoms with Gasteiger partial charge in [0, 0.05) is 13.1 Å². The Hall–Kier alpha value is -0.340. The van der Waals surface area contributed by atoms with Crippen LogP contribution >= 0.6 is 0 Å². The van der Waals surface area contributed by atoms with Crippen LogP contribution in [-0.2, 0) is 0 Å². The van der Waals surface area contributed by atoms with Gasteiger partial charge in [0.15, 0.2) is 0 Å². The molecule has 0 aromatic rings. The molecule has 0 aromatic carbocycles. The Morgan fingerprint density at radius 2 is 2.00 bits per heavy atom. The molecular formula is C11H24N2. The van der Waals surface area contributed by atoms with E-state index in [0.29, 0.717) is 0 Å². The molecule has 2 nitrogen and oxygen atoms in total. The molecular weight excluding hydrogens is 160 g/mol. The van der Waals surface area contributed by atoms with Crippen LogP contribution in [0.1, 0.15) is 26.7 Å². The van der Waals surface area contributed by atoms with E-state index in [2.05, 4.69) is 37.7 Å². The smallest absolute Gasteiger partial charge is 0.0199 e. The number of hydrogen-bond acceptors (Lipinski definition) is 2. The highest BCUT2D eigenvalue weighted by molar-refractivity contribution is 4.99. The Morgan fingerprint density at radius 1 is 1.31 bits per heavy atom. The van der Waals surface area contributed by atoms with E-state index in [1.165, 1.54) is 18.4 Å². The van der Waals surface area contributed by atoms with E-state index in [1.54, 1.807) is 0 Å². The maximum atomic E-state index is 4.04. The zero-order chi connectivity index (χ0) is 10.1. The maximum Gasteiger partial charge on any atom is 0.0199 e.